The van der Waals surface area contributed by atoms with Gasteiger partial charge in [0.25, 0.3) is 5.91 Å². The van der Waals surface area contributed by atoms with Crippen molar-refractivity contribution in [1.29, 1.82) is 5.26 Å². The number of hydrogen-bond donors (Lipinski definition) is 5. The summed E-state index contributed by atoms with van der Waals surface area (Å²) >= 11 is 0. The summed E-state index contributed by atoms with van der Waals surface area (Å²) < 4.78 is 0. The first-order chi connectivity index (χ1) is 20.5. The molecule has 11 nitrogen and oxygen atoms in total. The molecule has 1 aromatic heterocycles. The van der Waals surface area contributed by atoms with E-state index in [1.165, 1.54) is 6.92 Å². The van der Waals surface area contributed by atoms with E-state index in [9.17, 15) is 24.4 Å². The first-order valence-corrected chi connectivity index (χ1v) is 13.8. The second-order valence-corrected chi connectivity index (χ2v) is 10.7. The van der Waals surface area contributed by atoms with Crippen LogP contribution in [0, 0.1) is 16.7 Å². The van der Waals surface area contributed by atoms with E-state index in [2.05, 4.69) is 44.1 Å². The summed E-state index contributed by atoms with van der Waals surface area (Å²) in [4.78, 5) is 54.6. The maximum Gasteiger partial charge on any atom is 0.323 e. The van der Waals surface area contributed by atoms with Crippen LogP contribution in [0.2, 0.25) is 0 Å². The summed E-state index contributed by atoms with van der Waals surface area (Å²) in [5, 5.41) is 19.3. The molecule has 0 radical (unpaired) electrons. The molecule has 11 heteroatoms. The molecular weight excluding hydrogens is 546 g/mol. The Morgan fingerprint density at radius 1 is 0.930 bits per heavy atom. The molecular formula is C32H33N7O4. The van der Waals surface area contributed by atoms with E-state index in [1.54, 1.807) is 42.5 Å². The van der Waals surface area contributed by atoms with E-state index in [0.29, 0.717) is 40.9 Å². The molecule has 0 fully saturated rings. The summed E-state index contributed by atoms with van der Waals surface area (Å²) in [5.41, 5.74) is 4.83. The van der Waals surface area contributed by atoms with Gasteiger partial charge < -0.3 is 20.6 Å². The number of rotatable bonds is 12. The molecule has 0 bridgehead atoms. The molecule has 2 amide bonds. The summed E-state index contributed by atoms with van der Waals surface area (Å²) in [6.07, 6.45) is 1.16. The van der Waals surface area contributed by atoms with Crippen LogP contribution in [0.1, 0.15) is 51.5 Å². The van der Waals surface area contributed by atoms with Crippen LogP contribution in [0.25, 0.3) is 11.0 Å². The lowest BCUT2D eigenvalue weighted by Gasteiger charge is -2.25. The van der Waals surface area contributed by atoms with E-state index in [-0.39, 0.29) is 29.6 Å². The van der Waals surface area contributed by atoms with Gasteiger partial charge in [0.05, 0.1) is 28.2 Å². The van der Waals surface area contributed by atoms with Crippen molar-refractivity contribution < 1.29 is 14.4 Å². The van der Waals surface area contributed by atoms with Gasteiger partial charge in [-0.1, -0.05) is 43.3 Å². The van der Waals surface area contributed by atoms with Crippen molar-refractivity contribution in [2.24, 2.45) is 10.5 Å². The Hall–Kier alpha value is -5.50. The molecule has 1 heterocycles. The summed E-state index contributed by atoms with van der Waals surface area (Å²) in [5.74, 6) is -1.39. The largest absolute Gasteiger partial charge is 0.326 e. The number of nitrogens with one attached hydrogen (secondary N) is 5. The monoisotopic (exact) mass is 579 g/mol. The van der Waals surface area contributed by atoms with Gasteiger partial charge in [-0.2, -0.15) is 10.4 Å². The van der Waals surface area contributed by atoms with E-state index < -0.39 is 17.1 Å². The zero-order valence-corrected chi connectivity index (χ0v) is 24.2. The Balaban J connectivity index is 1.35. The van der Waals surface area contributed by atoms with Gasteiger partial charge in [0, 0.05) is 24.7 Å². The van der Waals surface area contributed by atoms with Gasteiger partial charge >= 0.3 is 5.69 Å². The predicted octanol–water partition coefficient (Wildman–Crippen LogP) is 5.29. The molecule has 4 aromatic rings. The molecule has 2 unspecified atom stereocenters. The molecule has 0 aliphatic rings. The Bertz CT molecular complexity index is 1770. The van der Waals surface area contributed by atoms with Gasteiger partial charge in [-0.15, -0.1) is 0 Å². The van der Waals surface area contributed by atoms with Crippen molar-refractivity contribution in [3.05, 3.63) is 88.8 Å². The highest BCUT2D eigenvalue weighted by molar-refractivity contribution is 6.67. The van der Waals surface area contributed by atoms with Gasteiger partial charge in [0.1, 0.15) is 0 Å². The van der Waals surface area contributed by atoms with Gasteiger partial charge in [-0.3, -0.25) is 19.8 Å². The van der Waals surface area contributed by atoms with Crippen LogP contribution < -0.4 is 21.7 Å². The standard InChI is InChI=1S/C32H33N7O4/c1-20(22-8-5-4-6-9-22)18-32(3,19-33)15-14-28(41)34-23-10-7-11-24(16-23)35-30(42)29(21(2)40)39-38-25-12-13-26-27(17-25)37-31(43)36-26/h4-13,16-17,20,38H,14-15,18H2,1-3H3,(H,34,41)(H,35,42)(H2,36,37,43)/b39-29-. The number of carbonyl (C=O) groups excluding carboxylic acids is 3. The van der Waals surface area contributed by atoms with Crippen LogP contribution in [0.3, 0.4) is 0 Å². The fraction of sp³-hybridized carbons (Fsp3) is 0.250. The van der Waals surface area contributed by atoms with Crippen LogP contribution >= 0.6 is 0 Å². The lowest BCUT2D eigenvalue weighted by molar-refractivity contribution is -0.117. The molecule has 43 heavy (non-hydrogen) atoms. The third-order valence-electron chi connectivity index (χ3n) is 7.06. The predicted molar refractivity (Wildman–Crippen MR) is 167 cm³/mol. The normalized spacial score (nSPS) is 13.4. The number of nitriles is 1. The van der Waals surface area contributed by atoms with Crippen molar-refractivity contribution in [3.63, 3.8) is 0 Å². The van der Waals surface area contributed by atoms with Crippen molar-refractivity contribution >= 4 is 51.4 Å². The highest BCUT2D eigenvalue weighted by Gasteiger charge is 2.28. The minimum atomic E-state index is -0.739. The van der Waals surface area contributed by atoms with Crippen LogP contribution in [-0.4, -0.2) is 33.3 Å². The van der Waals surface area contributed by atoms with E-state index >= 15 is 0 Å². The van der Waals surface area contributed by atoms with Gasteiger partial charge in [0.2, 0.25) is 5.91 Å². The number of amides is 2. The van der Waals surface area contributed by atoms with Crippen LogP contribution in [-0.2, 0) is 14.4 Å². The average Bonchev–Trinajstić information content (AvgIpc) is 3.36. The number of carbonyl (C=O) groups is 3. The van der Waals surface area contributed by atoms with Gasteiger partial charge in [-0.25, -0.2) is 4.79 Å². The number of imidazole rings is 1. The fourth-order valence-electron chi connectivity index (χ4n) is 4.77. The zero-order chi connectivity index (χ0) is 31.0. The number of H-pyrrole nitrogens is 2. The molecule has 220 valence electrons. The number of nitrogens with zero attached hydrogens (tertiary/aromatic N) is 2. The number of aromatic amines is 2. The topological polar surface area (TPSA) is 172 Å². The quantitative estimate of drug-likeness (QED) is 0.0866. The Labute approximate surface area is 248 Å². The summed E-state index contributed by atoms with van der Waals surface area (Å²) in [7, 11) is 0. The third-order valence-corrected chi connectivity index (χ3v) is 7.06. The minimum Gasteiger partial charge on any atom is -0.326 e. The Morgan fingerprint density at radius 3 is 2.33 bits per heavy atom. The molecule has 3 aromatic carbocycles. The maximum absolute atomic E-state index is 12.9. The van der Waals surface area contributed by atoms with Gasteiger partial charge in [0.15, 0.2) is 11.5 Å². The second kappa shape index (κ2) is 13.4. The smallest absolute Gasteiger partial charge is 0.323 e. The average molecular weight is 580 g/mol. The zero-order valence-electron chi connectivity index (χ0n) is 24.2. The van der Waals surface area contributed by atoms with E-state index in [0.717, 1.165) is 5.56 Å². The number of fused-ring (bicyclic) bond motifs is 1. The van der Waals surface area contributed by atoms with E-state index in [1.807, 2.05) is 37.3 Å². The first kappa shape index (κ1) is 30.5. The summed E-state index contributed by atoms with van der Waals surface area (Å²) in [6.45, 7) is 5.17. The fourth-order valence-corrected chi connectivity index (χ4v) is 4.77. The first-order valence-electron chi connectivity index (χ1n) is 13.8. The molecule has 0 aliphatic carbocycles. The molecule has 0 saturated carbocycles. The maximum atomic E-state index is 12.9. The van der Waals surface area contributed by atoms with Crippen LogP contribution in [0.5, 0.6) is 0 Å². The lowest BCUT2D eigenvalue weighted by atomic mass is 9.77. The van der Waals surface area contributed by atoms with Crippen molar-refractivity contribution in [1.82, 2.24) is 9.97 Å². The highest BCUT2D eigenvalue weighted by Crippen LogP contribution is 2.35. The van der Waals surface area contributed by atoms with Crippen molar-refractivity contribution in [2.75, 3.05) is 16.1 Å². The molecule has 0 saturated heterocycles. The van der Waals surface area contributed by atoms with Crippen LogP contribution in [0.15, 0.2) is 82.7 Å². The Kier molecular flexibility index (Phi) is 9.52. The lowest BCUT2D eigenvalue weighted by Crippen LogP contribution is -2.29. The minimum absolute atomic E-state index is 0.150. The molecule has 0 aliphatic heterocycles. The van der Waals surface area contributed by atoms with E-state index in [4.69, 9.17) is 0 Å². The highest BCUT2D eigenvalue weighted by atomic mass is 16.2. The molecule has 4 rings (SSSR count). The molecule has 2 atom stereocenters. The number of anilines is 3. The number of hydrazone groups is 1. The van der Waals surface area contributed by atoms with Crippen molar-refractivity contribution in [3.8, 4) is 6.07 Å². The number of benzene rings is 3. The third kappa shape index (κ3) is 8.27. The Morgan fingerprint density at radius 2 is 1.63 bits per heavy atom. The molecule has 0 spiro atoms. The number of hydrogen-bond acceptors (Lipinski definition) is 7. The number of Topliss-reactive ketones (excluding diaryl/α,β-unsaturated/α-hetero) is 1. The number of aromatic nitrogens is 2. The summed E-state index contributed by atoms with van der Waals surface area (Å²) in [6, 6.07) is 23.8. The SMILES string of the molecule is CC(=O)/C(=N/Nc1ccc2[nH]c(=O)[nH]c2c1)C(=O)Nc1cccc(NC(=O)CCC(C)(C#N)CC(C)c2ccccc2)c1. The van der Waals surface area contributed by atoms with Crippen molar-refractivity contribution in [2.45, 2.75) is 46.0 Å². The molecule has 5 N–H and O–H groups in total. The van der Waals surface area contributed by atoms with Crippen LogP contribution in [0.4, 0.5) is 17.1 Å². The number of ketones is 1. The van der Waals surface area contributed by atoms with Gasteiger partial charge in [-0.05, 0) is 67.6 Å². The second-order valence-electron chi connectivity index (χ2n) is 10.7.